The molecule has 130 valence electrons. The first-order chi connectivity index (χ1) is 11.6. The van der Waals surface area contributed by atoms with E-state index in [1.807, 2.05) is 30.3 Å². The van der Waals surface area contributed by atoms with Gasteiger partial charge >= 0.3 is 0 Å². The molecule has 5 nitrogen and oxygen atoms in total. The van der Waals surface area contributed by atoms with Gasteiger partial charge in [0.15, 0.2) is 5.76 Å². The largest absolute Gasteiger partial charge is 0.459 e. The highest BCUT2D eigenvalue weighted by Crippen LogP contribution is 2.43. The molecule has 1 aliphatic carbocycles. The SMILES string of the molecule is CN(C)C(=O)C1=C[C@H](C2CC2)C[C@H](OCc2ccc(CO)cc2)O1. The molecule has 1 N–H and O–H groups in total. The standard InChI is InChI=1S/C19H25NO4/c1-20(2)19(22)17-9-16(15-7-8-15)10-18(24-17)23-12-14-5-3-13(11-21)4-6-14/h3-6,9,15-16,18,21H,7-8,10-12H2,1-2H3/t16-,18+/m0/s1. The molecule has 1 heterocycles. The Labute approximate surface area is 142 Å². The van der Waals surface area contributed by atoms with Crippen molar-refractivity contribution >= 4 is 5.91 Å². The molecule has 1 amide bonds. The van der Waals surface area contributed by atoms with Gasteiger partial charge in [0, 0.05) is 20.5 Å². The maximum atomic E-state index is 12.2. The first-order valence-corrected chi connectivity index (χ1v) is 8.47. The van der Waals surface area contributed by atoms with E-state index >= 15 is 0 Å². The van der Waals surface area contributed by atoms with Gasteiger partial charge in [0.2, 0.25) is 6.29 Å². The van der Waals surface area contributed by atoms with Crippen molar-refractivity contribution in [3.63, 3.8) is 0 Å². The zero-order valence-corrected chi connectivity index (χ0v) is 14.3. The van der Waals surface area contributed by atoms with E-state index in [4.69, 9.17) is 14.6 Å². The number of allylic oxidation sites excluding steroid dienone is 1. The molecule has 1 fully saturated rings. The van der Waals surface area contributed by atoms with Crippen LogP contribution in [-0.2, 0) is 27.5 Å². The van der Waals surface area contributed by atoms with Gasteiger partial charge in [-0.1, -0.05) is 24.3 Å². The predicted molar refractivity (Wildman–Crippen MR) is 89.6 cm³/mol. The Bertz CT molecular complexity index is 604. The van der Waals surface area contributed by atoms with Crippen LogP contribution in [0.3, 0.4) is 0 Å². The lowest BCUT2D eigenvalue weighted by Gasteiger charge is -2.30. The smallest absolute Gasteiger partial charge is 0.288 e. The number of hydrogen-bond donors (Lipinski definition) is 1. The maximum Gasteiger partial charge on any atom is 0.288 e. The molecule has 0 aromatic heterocycles. The third kappa shape index (κ3) is 4.16. The fourth-order valence-corrected chi connectivity index (χ4v) is 2.94. The van der Waals surface area contributed by atoms with Crippen LogP contribution in [0.15, 0.2) is 36.1 Å². The molecule has 0 radical (unpaired) electrons. The second-order valence-corrected chi connectivity index (χ2v) is 6.80. The summed E-state index contributed by atoms with van der Waals surface area (Å²) in [5.74, 6) is 1.32. The first kappa shape index (κ1) is 17.0. The van der Waals surface area contributed by atoms with E-state index in [1.54, 1.807) is 14.1 Å². The Hall–Kier alpha value is -1.85. The molecular weight excluding hydrogens is 306 g/mol. The lowest BCUT2D eigenvalue weighted by Crippen LogP contribution is -2.33. The van der Waals surface area contributed by atoms with Crippen LogP contribution in [0.5, 0.6) is 0 Å². The number of nitrogens with zero attached hydrogens (tertiary/aromatic N) is 1. The van der Waals surface area contributed by atoms with Crippen LogP contribution in [0.1, 0.15) is 30.4 Å². The lowest BCUT2D eigenvalue weighted by molar-refractivity contribution is -0.158. The Morgan fingerprint density at radius 3 is 2.50 bits per heavy atom. The Morgan fingerprint density at radius 2 is 1.92 bits per heavy atom. The molecule has 5 heteroatoms. The molecule has 0 saturated heterocycles. The number of likely N-dealkylation sites (N-methyl/N-ethyl adjacent to an activating group) is 1. The lowest BCUT2D eigenvalue weighted by atomic mass is 9.96. The van der Waals surface area contributed by atoms with Gasteiger partial charge in [-0.25, -0.2) is 0 Å². The molecular formula is C19H25NO4. The van der Waals surface area contributed by atoms with Gasteiger partial charge in [-0.05, 0) is 41.9 Å². The van der Waals surface area contributed by atoms with Crippen LogP contribution in [0, 0.1) is 11.8 Å². The summed E-state index contributed by atoms with van der Waals surface area (Å²) in [6, 6.07) is 7.64. The number of carbonyl (C=O) groups excluding carboxylic acids is 1. The number of rotatable bonds is 6. The van der Waals surface area contributed by atoms with Gasteiger partial charge in [0.1, 0.15) is 0 Å². The van der Waals surface area contributed by atoms with Crippen LogP contribution in [0.2, 0.25) is 0 Å². The van der Waals surface area contributed by atoms with Crippen LogP contribution in [0.4, 0.5) is 0 Å². The third-order valence-corrected chi connectivity index (χ3v) is 4.57. The van der Waals surface area contributed by atoms with Crippen molar-refractivity contribution in [3.05, 3.63) is 47.2 Å². The van der Waals surface area contributed by atoms with Crippen molar-refractivity contribution in [1.82, 2.24) is 4.90 Å². The molecule has 1 saturated carbocycles. The molecule has 1 aliphatic heterocycles. The number of aliphatic hydroxyl groups excluding tert-OH is 1. The minimum Gasteiger partial charge on any atom is -0.459 e. The zero-order chi connectivity index (χ0) is 17.1. The van der Waals surface area contributed by atoms with Gasteiger partial charge in [0.25, 0.3) is 5.91 Å². The van der Waals surface area contributed by atoms with Crippen molar-refractivity contribution in [1.29, 1.82) is 0 Å². The minimum atomic E-state index is -0.392. The summed E-state index contributed by atoms with van der Waals surface area (Å²) in [7, 11) is 3.46. The molecule has 1 aromatic carbocycles. The number of carbonyl (C=O) groups is 1. The van der Waals surface area contributed by atoms with E-state index < -0.39 is 6.29 Å². The number of benzene rings is 1. The van der Waals surface area contributed by atoms with Crippen LogP contribution in [0.25, 0.3) is 0 Å². The molecule has 2 aliphatic rings. The average Bonchev–Trinajstić information content (AvgIpc) is 3.44. The summed E-state index contributed by atoms with van der Waals surface area (Å²) in [5.41, 5.74) is 1.90. The summed E-state index contributed by atoms with van der Waals surface area (Å²) < 4.78 is 11.7. The van der Waals surface area contributed by atoms with Crippen LogP contribution in [-0.4, -0.2) is 36.3 Å². The van der Waals surface area contributed by atoms with E-state index in [-0.39, 0.29) is 12.5 Å². The molecule has 0 bridgehead atoms. The summed E-state index contributed by atoms with van der Waals surface area (Å²) in [6.45, 7) is 0.466. The highest BCUT2D eigenvalue weighted by Gasteiger charge is 2.37. The van der Waals surface area contributed by atoms with E-state index in [0.29, 0.717) is 24.2 Å². The summed E-state index contributed by atoms with van der Waals surface area (Å²) in [4.78, 5) is 13.8. The average molecular weight is 331 g/mol. The van der Waals surface area contributed by atoms with Gasteiger partial charge in [-0.2, -0.15) is 0 Å². The maximum absolute atomic E-state index is 12.2. The van der Waals surface area contributed by atoms with Gasteiger partial charge in [-0.15, -0.1) is 0 Å². The fourth-order valence-electron chi connectivity index (χ4n) is 2.94. The number of ether oxygens (including phenoxy) is 2. The second kappa shape index (κ2) is 7.36. The van der Waals surface area contributed by atoms with Crippen LogP contribution < -0.4 is 0 Å². The Morgan fingerprint density at radius 1 is 1.25 bits per heavy atom. The van der Waals surface area contributed by atoms with E-state index in [1.165, 1.54) is 17.7 Å². The van der Waals surface area contributed by atoms with E-state index in [2.05, 4.69) is 0 Å². The van der Waals surface area contributed by atoms with E-state index in [0.717, 1.165) is 17.5 Å². The highest BCUT2D eigenvalue weighted by atomic mass is 16.7. The van der Waals surface area contributed by atoms with E-state index in [9.17, 15) is 4.79 Å². The normalized spacial score (nSPS) is 23.4. The number of hydrogen-bond acceptors (Lipinski definition) is 4. The van der Waals surface area contributed by atoms with Crippen molar-refractivity contribution in [2.24, 2.45) is 11.8 Å². The third-order valence-electron chi connectivity index (χ3n) is 4.57. The fraction of sp³-hybridized carbons (Fsp3) is 0.526. The van der Waals surface area contributed by atoms with Gasteiger partial charge in [-0.3, -0.25) is 4.79 Å². The molecule has 24 heavy (non-hydrogen) atoms. The molecule has 2 atom stereocenters. The second-order valence-electron chi connectivity index (χ2n) is 6.80. The predicted octanol–water partition coefficient (Wildman–Crippen LogP) is 2.44. The molecule has 0 spiro atoms. The summed E-state index contributed by atoms with van der Waals surface area (Å²) >= 11 is 0. The quantitative estimate of drug-likeness (QED) is 0.870. The van der Waals surface area contributed by atoms with Crippen molar-refractivity contribution in [3.8, 4) is 0 Å². The molecule has 1 aromatic rings. The van der Waals surface area contributed by atoms with Crippen molar-refractivity contribution < 1.29 is 19.4 Å². The number of amides is 1. The van der Waals surface area contributed by atoms with Gasteiger partial charge in [0.05, 0.1) is 13.2 Å². The topological polar surface area (TPSA) is 59.0 Å². The van der Waals surface area contributed by atoms with Crippen molar-refractivity contribution in [2.45, 2.75) is 38.8 Å². The highest BCUT2D eigenvalue weighted by molar-refractivity contribution is 5.91. The monoisotopic (exact) mass is 331 g/mol. The Kier molecular flexibility index (Phi) is 5.21. The summed E-state index contributed by atoms with van der Waals surface area (Å²) in [5, 5.41) is 9.08. The zero-order valence-electron chi connectivity index (χ0n) is 14.3. The minimum absolute atomic E-state index is 0.0384. The summed E-state index contributed by atoms with van der Waals surface area (Å²) in [6.07, 6.45) is 4.83. The first-order valence-electron chi connectivity index (χ1n) is 8.47. The molecule has 0 unspecified atom stereocenters. The molecule has 3 rings (SSSR count). The van der Waals surface area contributed by atoms with Crippen molar-refractivity contribution in [2.75, 3.05) is 14.1 Å². The van der Waals surface area contributed by atoms with Crippen LogP contribution >= 0.6 is 0 Å². The van der Waals surface area contributed by atoms with Gasteiger partial charge < -0.3 is 19.5 Å². The Balaban J connectivity index is 1.62. The number of aliphatic hydroxyl groups is 1.